The van der Waals surface area contributed by atoms with Crippen LogP contribution < -0.4 is 10.1 Å². The van der Waals surface area contributed by atoms with Gasteiger partial charge in [0, 0.05) is 30.6 Å². The fourth-order valence-corrected chi connectivity index (χ4v) is 2.87. The molecule has 0 aliphatic rings. The predicted molar refractivity (Wildman–Crippen MR) is 118 cm³/mol. The lowest BCUT2D eigenvalue weighted by atomic mass is 10.1. The van der Waals surface area contributed by atoms with Crippen LogP contribution in [0.15, 0.2) is 36.4 Å². The number of carbonyl (C=O) groups is 4. The maximum absolute atomic E-state index is 12.8. The number of likely N-dealkylation sites (N-methyl/N-ethyl adjacent to an activating group) is 1. The van der Waals surface area contributed by atoms with Crippen LogP contribution in [-0.4, -0.2) is 54.3 Å². The summed E-state index contributed by atoms with van der Waals surface area (Å²) in [7, 11) is 1.31. The van der Waals surface area contributed by atoms with Crippen molar-refractivity contribution in [1.82, 2.24) is 4.90 Å². The third kappa shape index (κ3) is 7.44. The zero-order valence-electron chi connectivity index (χ0n) is 17.1. The molecule has 0 aliphatic heterocycles. The smallest absolute Gasteiger partial charge is 0.415 e. The van der Waals surface area contributed by atoms with Gasteiger partial charge in [-0.25, -0.2) is 4.79 Å². The van der Waals surface area contributed by atoms with Crippen LogP contribution in [0.25, 0.3) is 0 Å². The summed E-state index contributed by atoms with van der Waals surface area (Å²) in [6.07, 6.45) is -1.01. The molecule has 11 nitrogen and oxygen atoms in total. The maximum atomic E-state index is 12.8. The first-order valence-electron chi connectivity index (χ1n) is 9.17. The number of ether oxygens (including phenoxy) is 2. The van der Waals surface area contributed by atoms with E-state index in [2.05, 4.69) is 10.1 Å². The van der Waals surface area contributed by atoms with Crippen molar-refractivity contribution in [1.29, 1.82) is 0 Å². The van der Waals surface area contributed by atoms with Crippen molar-refractivity contribution in [3.05, 3.63) is 62.1 Å². The summed E-state index contributed by atoms with van der Waals surface area (Å²) < 4.78 is 9.67. The molecule has 2 aromatic carbocycles. The number of halogens is 2. The lowest BCUT2D eigenvalue weighted by Gasteiger charge is -2.17. The number of ketones is 1. The zero-order chi connectivity index (χ0) is 24.5. The fourth-order valence-electron chi connectivity index (χ4n) is 2.48. The van der Waals surface area contributed by atoms with Gasteiger partial charge in [0.2, 0.25) is 0 Å². The normalized spacial score (nSPS) is 10.2. The van der Waals surface area contributed by atoms with Crippen LogP contribution in [-0.2, 0) is 14.3 Å². The van der Waals surface area contributed by atoms with Crippen molar-refractivity contribution in [2.45, 2.75) is 6.42 Å². The Bertz CT molecular complexity index is 1090. The second-order valence-electron chi connectivity index (χ2n) is 6.50. The van der Waals surface area contributed by atoms with Gasteiger partial charge < -0.3 is 19.7 Å². The maximum Gasteiger partial charge on any atom is 0.415 e. The van der Waals surface area contributed by atoms with E-state index in [1.54, 1.807) is 0 Å². The van der Waals surface area contributed by atoms with E-state index >= 15 is 0 Å². The number of carbonyl (C=O) groups excluding carboxylic acids is 4. The van der Waals surface area contributed by atoms with Crippen LogP contribution in [0.3, 0.4) is 0 Å². The number of benzene rings is 2. The number of hydrogen-bond donors (Lipinski definition) is 1. The molecule has 0 fully saturated rings. The molecule has 13 heteroatoms. The van der Waals surface area contributed by atoms with E-state index in [4.69, 9.17) is 27.9 Å². The molecule has 2 aromatic rings. The second kappa shape index (κ2) is 11.8. The van der Waals surface area contributed by atoms with E-state index in [0.717, 1.165) is 17.0 Å². The lowest BCUT2D eigenvalue weighted by Crippen LogP contribution is -2.35. The van der Waals surface area contributed by atoms with E-state index in [1.165, 1.54) is 31.3 Å². The molecule has 174 valence electrons. The van der Waals surface area contributed by atoms with Crippen LogP contribution in [0.4, 0.5) is 16.2 Å². The summed E-state index contributed by atoms with van der Waals surface area (Å²) in [4.78, 5) is 58.2. The third-order valence-electron chi connectivity index (χ3n) is 4.09. The monoisotopic (exact) mass is 497 g/mol. The molecule has 33 heavy (non-hydrogen) atoms. The molecule has 0 saturated carbocycles. The summed E-state index contributed by atoms with van der Waals surface area (Å²) in [6.45, 7) is -0.214. The standard InChI is InChI=1S/C20H17Cl2N3O8/c1-24(10-14(27)6-7-32-11-26)20(29)33-18-5-2-12(21)8-15(18)19(28)23-17-4-3-13(25(30)31)9-16(17)22/h2-5,8-9,11H,6-7,10H2,1H3,(H,23,28). The van der Waals surface area contributed by atoms with Gasteiger partial charge in [-0.15, -0.1) is 0 Å². The molecule has 0 bridgehead atoms. The van der Waals surface area contributed by atoms with Gasteiger partial charge in [0.05, 0.1) is 34.3 Å². The quantitative estimate of drug-likeness (QED) is 0.226. The molecule has 0 radical (unpaired) electrons. The van der Waals surface area contributed by atoms with Gasteiger partial charge in [0.1, 0.15) is 5.75 Å². The van der Waals surface area contributed by atoms with E-state index in [-0.39, 0.29) is 64.6 Å². The number of non-ortho nitro benzene ring substituents is 1. The van der Waals surface area contributed by atoms with Crippen molar-refractivity contribution >= 4 is 58.8 Å². The molecule has 2 rings (SSSR count). The number of amides is 2. The van der Waals surface area contributed by atoms with Crippen molar-refractivity contribution < 1.29 is 33.6 Å². The Morgan fingerprint density at radius 1 is 1.18 bits per heavy atom. The number of rotatable bonds is 10. The largest absolute Gasteiger partial charge is 0.467 e. The van der Waals surface area contributed by atoms with Gasteiger partial charge >= 0.3 is 6.09 Å². The number of nitro benzene ring substituents is 1. The van der Waals surface area contributed by atoms with Crippen LogP contribution in [0.2, 0.25) is 10.0 Å². The van der Waals surface area contributed by atoms with Crippen molar-refractivity contribution in [2.24, 2.45) is 0 Å². The minimum Gasteiger partial charge on any atom is -0.467 e. The number of Topliss-reactive ketones (excluding diaryl/α,β-unsaturated/α-hetero) is 1. The summed E-state index contributed by atoms with van der Waals surface area (Å²) in [5, 5.41) is 13.4. The summed E-state index contributed by atoms with van der Waals surface area (Å²) >= 11 is 12.0. The zero-order valence-corrected chi connectivity index (χ0v) is 18.6. The number of hydrogen-bond acceptors (Lipinski definition) is 8. The molecule has 0 unspecified atom stereocenters. The van der Waals surface area contributed by atoms with Crippen LogP contribution in [0.5, 0.6) is 5.75 Å². The highest BCUT2D eigenvalue weighted by atomic mass is 35.5. The second-order valence-corrected chi connectivity index (χ2v) is 7.34. The number of nitrogens with zero attached hydrogens (tertiary/aromatic N) is 2. The minimum absolute atomic E-state index is 0.0741. The molecular formula is C20H17Cl2N3O8. The molecule has 0 atom stereocenters. The van der Waals surface area contributed by atoms with Gasteiger partial charge in [0.15, 0.2) is 5.78 Å². The van der Waals surface area contributed by atoms with E-state index in [1.807, 2.05) is 0 Å². The molecule has 0 spiro atoms. The SMILES string of the molecule is CN(CC(=O)CCOC=O)C(=O)Oc1ccc(Cl)cc1C(=O)Nc1ccc([N+](=O)[O-])cc1Cl. The first-order chi connectivity index (χ1) is 15.6. The van der Waals surface area contributed by atoms with E-state index < -0.39 is 16.9 Å². The number of nitro groups is 1. The van der Waals surface area contributed by atoms with Gasteiger partial charge in [-0.05, 0) is 24.3 Å². The van der Waals surface area contributed by atoms with Gasteiger partial charge in [-0.1, -0.05) is 23.2 Å². The minimum atomic E-state index is -0.926. The van der Waals surface area contributed by atoms with Crippen LogP contribution >= 0.6 is 23.2 Å². The van der Waals surface area contributed by atoms with E-state index in [9.17, 15) is 29.3 Å². The van der Waals surface area contributed by atoms with Crippen LogP contribution in [0, 0.1) is 10.1 Å². The molecule has 1 N–H and O–H groups in total. The summed E-state index contributed by atoms with van der Waals surface area (Å²) in [5.74, 6) is -1.28. The van der Waals surface area contributed by atoms with Crippen LogP contribution in [0.1, 0.15) is 16.8 Å². The average molecular weight is 498 g/mol. The lowest BCUT2D eigenvalue weighted by molar-refractivity contribution is -0.384. The first-order valence-corrected chi connectivity index (χ1v) is 9.92. The third-order valence-corrected chi connectivity index (χ3v) is 4.63. The average Bonchev–Trinajstić information content (AvgIpc) is 2.76. The van der Waals surface area contributed by atoms with Gasteiger partial charge in [-0.2, -0.15) is 0 Å². The molecule has 0 aromatic heterocycles. The first kappa shape index (κ1) is 25.6. The van der Waals surface area contributed by atoms with Crippen molar-refractivity contribution in [3.8, 4) is 5.75 Å². The Balaban J connectivity index is 2.14. The highest BCUT2D eigenvalue weighted by Gasteiger charge is 2.21. The molecule has 0 heterocycles. The fraction of sp³-hybridized carbons (Fsp3) is 0.200. The Morgan fingerprint density at radius 3 is 2.55 bits per heavy atom. The molecule has 2 amide bonds. The highest BCUT2D eigenvalue weighted by Crippen LogP contribution is 2.29. The molecule has 0 aliphatic carbocycles. The number of anilines is 1. The van der Waals surface area contributed by atoms with E-state index in [0.29, 0.717) is 0 Å². The molecular weight excluding hydrogens is 481 g/mol. The Labute approximate surface area is 197 Å². The Morgan fingerprint density at radius 2 is 1.91 bits per heavy atom. The van der Waals surface area contributed by atoms with Gasteiger partial charge in [0.25, 0.3) is 18.1 Å². The Hall–Kier alpha value is -3.70. The summed E-state index contributed by atoms with van der Waals surface area (Å²) in [6, 6.07) is 7.42. The Kier molecular flexibility index (Phi) is 9.13. The van der Waals surface area contributed by atoms with Gasteiger partial charge in [-0.3, -0.25) is 24.5 Å². The molecule has 0 saturated heterocycles. The van der Waals surface area contributed by atoms with Crippen molar-refractivity contribution in [3.63, 3.8) is 0 Å². The highest BCUT2D eigenvalue weighted by molar-refractivity contribution is 6.34. The number of nitrogens with one attached hydrogen (secondary N) is 1. The predicted octanol–water partition coefficient (Wildman–Crippen LogP) is 3.72. The topological polar surface area (TPSA) is 145 Å². The summed E-state index contributed by atoms with van der Waals surface area (Å²) in [5.41, 5.74) is -0.292. The van der Waals surface area contributed by atoms with Crippen molar-refractivity contribution in [2.75, 3.05) is 25.5 Å².